The maximum absolute atomic E-state index is 12.3. The Hall–Kier alpha value is -2.44. The van der Waals surface area contributed by atoms with Crippen molar-refractivity contribution in [3.05, 3.63) is 23.9 Å². The van der Waals surface area contributed by atoms with Crippen molar-refractivity contribution in [1.29, 1.82) is 0 Å². The summed E-state index contributed by atoms with van der Waals surface area (Å²) < 4.78 is 55.9. The van der Waals surface area contributed by atoms with E-state index in [1.54, 1.807) is 12.1 Å². The summed E-state index contributed by atoms with van der Waals surface area (Å²) in [5, 5.41) is 3.00. The molecule has 2 rings (SSSR count). The summed E-state index contributed by atoms with van der Waals surface area (Å²) in [6.45, 7) is 0.522. The molecule has 1 aliphatic rings. The lowest BCUT2D eigenvalue weighted by molar-refractivity contribution is -0.233. The number of halogens is 3. The lowest BCUT2D eigenvalue weighted by atomic mass is 10.2. The third kappa shape index (κ3) is 6.04. The zero-order chi connectivity index (χ0) is 20.7. The minimum atomic E-state index is -5.21. The van der Waals surface area contributed by atoms with Crippen LogP contribution >= 0.6 is 0 Å². The average Bonchev–Trinajstić information content (AvgIpc) is 2.66. The second kappa shape index (κ2) is 9.66. The maximum Gasteiger partial charge on any atom is 0.491 e. The molecule has 1 atom stereocenters. The molecule has 0 aliphatic carbocycles. The van der Waals surface area contributed by atoms with Gasteiger partial charge in [0.25, 0.3) is 12.2 Å². The Morgan fingerprint density at radius 3 is 2.68 bits per heavy atom. The summed E-state index contributed by atoms with van der Waals surface area (Å²) in [5.74, 6) is -2.79. The Morgan fingerprint density at radius 2 is 2.11 bits per heavy atom. The summed E-state index contributed by atoms with van der Waals surface area (Å²) in [6, 6.07) is 3.37. The van der Waals surface area contributed by atoms with Crippen molar-refractivity contribution in [2.45, 2.75) is 25.3 Å². The molecule has 1 unspecified atom stereocenters. The van der Waals surface area contributed by atoms with Gasteiger partial charge in [-0.05, 0) is 11.6 Å². The van der Waals surface area contributed by atoms with Crippen molar-refractivity contribution in [2.24, 2.45) is 0 Å². The Kier molecular flexibility index (Phi) is 7.54. The highest BCUT2D eigenvalue weighted by atomic mass is 19.4. The number of nitrogens with one attached hydrogen (secondary N) is 1. The highest BCUT2D eigenvalue weighted by Gasteiger charge is 2.45. The fraction of sp³-hybridized carbons (Fsp3) is 0.562. The minimum Gasteiger partial charge on any atom is -0.419 e. The number of morpholine rings is 1. The second-order valence-corrected chi connectivity index (χ2v) is 5.70. The number of pyridine rings is 1. The number of alkyl halides is 3. The Morgan fingerprint density at radius 1 is 1.39 bits per heavy atom. The van der Waals surface area contributed by atoms with Gasteiger partial charge in [0.1, 0.15) is 5.82 Å². The normalized spacial score (nSPS) is 17.7. The van der Waals surface area contributed by atoms with Gasteiger partial charge in [0.15, 0.2) is 6.29 Å². The molecule has 0 aromatic carbocycles. The molecule has 1 amide bonds. The number of rotatable bonds is 8. The van der Waals surface area contributed by atoms with Crippen LogP contribution in [0.15, 0.2) is 18.3 Å². The zero-order valence-electron chi connectivity index (χ0n) is 15.2. The van der Waals surface area contributed by atoms with Gasteiger partial charge in [-0.3, -0.25) is 4.79 Å². The van der Waals surface area contributed by atoms with Gasteiger partial charge in [-0.1, -0.05) is 6.07 Å². The number of carbonyl (C=O) groups excluding carboxylic acids is 2. The molecule has 2 heterocycles. The van der Waals surface area contributed by atoms with E-state index in [4.69, 9.17) is 14.2 Å². The molecule has 1 N–H and O–H groups in total. The Bertz CT molecular complexity index is 667. The number of anilines is 1. The second-order valence-electron chi connectivity index (χ2n) is 5.70. The number of aromatic nitrogens is 1. The summed E-state index contributed by atoms with van der Waals surface area (Å²) in [5.41, 5.74) is 0.636. The molecule has 1 aliphatic heterocycles. The average molecular weight is 407 g/mol. The Labute approximate surface area is 158 Å². The molecule has 1 fully saturated rings. The van der Waals surface area contributed by atoms with Gasteiger partial charge < -0.3 is 29.2 Å². The van der Waals surface area contributed by atoms with E-state index < -0.39 is 30.6 Å². The summed E-state index contributed by atoms with van der Waals surface area (Å²) >= 11 is 0. The minimum absolute atomic E-state index is 0.0654. The lowest BCUT2D eigenvalue weighted by Crippen LogP contribution is -2.50. The van der Waals surface area contributed by atoms with Crippen molar-refractivity contribution >= 4 is 17.7 Å². The van der Waals surface area contributed by atoms with Gasteiger partial charge in [0, 0.05) is 33.5 Å². The number of ether oxygens (including phenoxy) is 4. The monoisotopic (exact) mass is 407 g/mol. The van der Waals surface area contributed by atoms with Gasteiger partial charge in [-0.2, -0.15) is 13.2 Å². The molecule has 9 nitrogen and oxygen atoms in total. The highest BCUT2D eigenvalue weighted by molar-refractivity contribution is 5.84. The van der Waals surface area contributed by atoms with Crippen LogP contribution < -0.4 is 5.32 Å². The highest BCUT2D eigenvalue weighted by Crippen LogP contribution is 2.20. The first-order valence-electron chi connectivity index (χ1n) is 8.17. The predicted molar refractivity (Wildman–Crippen MR) is 87.8 cm³/mol. The lowest BCUT2D eigenvalue weighted by Gasteiger charge is -2.31. The predicted octanol–water partition coefficient (Wildman–Crippen LogP) is 0.903. The van der Waals surface area contributed by atoms with E-state index in [0.29, 0.717) is 17.9 Å². The van der Waals surface area contributed by atoms with Crippen LogP contribution in [-0.4, -0.2) is 74.4 Å². The quantitative estimate of drug-likeness (QED) is 0.501. The topological polar surface area (TPSA) is 99.2 Å². The molecule has 12 heteroatoms. The van der Waals surface area contributed by atoms with Crippen molar-refractivity contribution in [3.63, 3.8) is 0 Å². The van der Waals surface area contributed by atoms with Crippen LogP contribution in [0, 0.1) is 0 Å². The largest absolute Gasteiger partial charge is 0.491 e. The van der Waals surface area contributed by atoms with E-state index in [-0.39, 0.29) is 19.7 Å². The SMILES string of the molecule is COC(CNc1ccc(CN2CCOC(OC(=O)C(F)(F)F)C2=O)cn1)OC. The number of nitrogens with zero attached hydrogens (tertiary/aromatic N) is 2. The number of esters is 1. The fourth-order valence-electron chi connectivity index (χ4n) is 2.30. The molecule has 0 spiro atoms. The number of methoxy groups -OCH3 is 2. The molecule has 1 aromatic rings. The molecular formula is C16H20F3N3O6. The van der Waals surface area contributed by atoms with Crippen molar-refractivity contribution in [2.75, 3.05) is 39.2 Å². The van der Waals surface area contributed by atoms with Gasteiger partial charge in [0.05, 0.1) is 13.2 Å². The number of amides is 1. The van der Waals surface area contributed by atoms with Crippen LogP contribution in [0.1, 0.15) is 5.56 Å². The molecule has 0 saturated carbocycles. The van der Waals surface area contributed by atoms with E-state index in [1.807, 2.05) is 0 Å². The van der Waals surface area contributed by atoms with Crippen LogP contribution in [0.2, 0.25) is 0 Å². The molecule has 0 radical (unpaired) electrons. The third-order valence-electron chi connectivity index (χ3n) is 3.76. The van der Waals surface area contributed by atoms with E-state index in [0.717, 1.165) is 0 Å². The number of carbonyl (C=O) groups is 2. The van der Waals surface area contributed by atoms with Crippen molar-refractivity contribution in [3.8, 4) is 0 Å². The summed E-state index contributed by atoms with van der Waals surface area (Å²) in [7, 11) is 3.01. The van der Waals surface area contributed by atoms with Crippen LogP contribution in [0.5, 0.6) is 0 Å². The summed E-state index contributed by atoms with van der Waals surface area (Å²) in [6.07, 6.45) is -6.06. The van der Waals surface area contributed by atoms with E-state index in [2.05, 4.69) is 15.0 Å². The van der Waals surface area contributed by atoms with Crippen LogP contribution in [-0.2, 0) is 35.1 Å². The number of hydrogen-bond acceptors (Lipinski definition) is 8. The zero-order valence-corrected chi connectivity index (χ0v) is 15.2. The summed E-state index contributed by atoms with van der Waals surface area (Å²) in [4.78, 5) is 28.5. The van der Waals surface area contributed by atoms with E-state index in [9.17, 15) is 22.8 Å². The number of hydrogen-bond donors (Lipinski definition) is 1. The smallest absolute Gasteiger partial charge is 0.419 e. The first-order chi connectivity index (χ1) is 13.2. The molecule has 156 valence electrons. The Balaban J connectivity index is 1.91. The van der Waals surface area contributed by atoms with Crippen LogP contribution in [0.25, 0.3) is 0 Å². The van der Waals surface area contributed by atoms with Crippen molar-refractivity contribution < 1.29 is 41.7 Å². The standard InChI is InChI=1S/C16H20F3N3O6/c1-25-12(26-2)8-21-11-4-3-10(7-20-11)9-22-5-6-27-14(13(22)23)28-15(24)16(17,18)19/h3-4,7,12,14H,5-6,8-9H2,1-2H3,(H,20,21). The molecule has 0 bridgehead atoms. The molecular weight excluding hydrogens is 387 g/mol. The molecule has 1 aromatic heterocycles. The molecule has 1 saturated heterocycles. The fourth-order valence-corrected chi connectivity index (χ4v) is 2.30. The maximum atomic E-state index is 12.3. The van der Waals surface area contributed by atoms with Crippen LogP contribution in [0.4, 0.5) is 19.0 Å². The van der Waals surface area contributed by atoms with Crippen LogP contribution in [0.3, 0.4) is 0 Å². The first-order valence-corrected chi connectivity index (χ1v) is 8.17. The van der Waals surface area contributed by atoms with Gasteiger partial charge in [-0.15, -0.1) is 0 Å². The van der Waals surface area contributed by atoms with Gasteiger partial charge in [0.2, 0.25) is 0 Å². The molecule has 28 heavy (non-hydrogen) atoms. The van der Waals surface area contributed by atoms with Gasteiger partial charge >= 0.3 is 12.1 Å². The first kappa shape index (κ1) is 21.9. The van der Waals surface area contributed by atoms with Crippen molar-refractivity contribution in [1.82, 2.24) is 9.88 Å². The van der Waals surface area contributed by atoms with E-state index >= 15 is 0 Å². The third-order valence-corrected chi connectivity index (χ3v) is 3.76. The van der Waals surface area contributed by atoms with Gasteiger partial charge in [-0.25, -0.2) is 9.78 Å². The van der Waals surface area contributed by atoms with E-state index in [1.165, 1.54) is 25.3 Å².